The van der Waals surface area contributed by atoms with Crippen molar-refractivity contribution in [2.24, 2.45) is 15.9 Å². The molecule has 0 radical (unpaired) electrons. The molecule has 0 fully saturated rings. The Morgan fingerprint density at radius 3 is 2.76 bits per heavy atom. The Balaban J connectivity index is 2.05. The van der Waals surface area contributed by atoms with Crippen molar-refractivity contribution in [2.75, 3.05) is 17.6 Å². The first-order chi connectivity index (χ1) is 8.29. The van der Waals surface area contributed by atoms with Gasteiger partial charge in [-0.2, -0.15) is 5.10 Å². The molecule has 3 N–H and O–H groups in total. The van der Waals surface area contributed by atoms with Crippen LogP contribution in [0.4, 0.5) is 5.69 Å². The molecule has 90 valence electrons. The van der Waals surface area contributed by atoms with Gasteiger partial charge in [-0.15, -0.1) is 0 Å². The average molecular weight is 248 g/mol. The Morgan fingerprint density at radius 2 is 2.18 bits per heavy atom. The Hall–Kier alpha value is -1.49. The minimum Gasteiger partial charge on any atom is -0.335 e. The van der Waals surface area contributed by atoms with Gasteiger partial charge in [0.1, 0.15) is 0 Å². The summed E-state index contributed by atoms with van der Waals surface area (Å²) in [6.07, 6.45) is 1.17. The van der Waals surface area contributed by atoms with Gasteiger partial charge in [0.15, 0.2) is 5.17 Å². The van der Waals surface area contributed by atoms with Crippen molar-refractivity contribution in [1.82, 2.24) is 0 Å². The first-order valence-corrected chi connectivity index (χ1v) is 6.57. The van der Waals surface area contributed by atoms with E-state index < -0.39 is 0 Å². The van der Waals surface area contributed by atoms with E-state index in [2.05, 4.69) is 15.4 Å². The van der Waals surface area contributed by atoms with E-state index in [1.807, 2.05) is 31.2 Å². The highest BCUT2D eigenvalue weighted by atomic mass is 32.2. The number of aliphatic imine (C=N–C) groups is 1. The first kappa shape index (κ1) is 12.0. The van der Waals surface area contributed by atoms with E-state index in [0.717, 1.165) is 34.4 Å². The number of anilines is 1. The third-order valence-corrected chi connectivity index (χ3v) is 3.54. The van der Waals surface area contributed by atoms with Crippen LogP contribution in [-0.2, 0) is 0 Å². The molecule has 0 aromatic heterocycles. The highest BCUT2D eigenvalue weighted by molar-refractivity contribution is 8.14. The summed E-state index contributed by atoms with van der Waals surface area (Å²) in [6.45, 7) is 2.82. The lowest BCUT2D eigenvalue weighted by molar-refractivity contribution is 0.938. The van der Waals surface area contributed by atoms with Crippen LogP contribution < -0.4 is 11.2 Å². The Kier molecular flexibility index (Phi) is 4.03. The molecule has 0 saturated heterocycles. The van der Waals surface area contributed by atoms with E-state index >= 15 is 0 Å². The highest BCUT2D eigenvalue weighted by Gasteiger charge is 2.05. The molecular formula is C12H16N4S. The molecule has 4 nitrogen and oxygen atoms in total. The normalized spacial score (nSPS) is 16.5. The van der Waals surface area contributed by atoms with Crippen LogP contribution in [0, 0.1) is 0 Å². The minimum absolute atomic E-state index is 0.834. The molecule has 0 unspecified atom stereocenters. The van der Waals surface area contributed by atoms with Crippen LogP contribution in [-0.4, -0.2) is 23.2 Å². The molecule has 1 aliphatic rings. The number of hydrogen-bond donors (Lipinski definition) is 2. The monoisotopic (exact) mass is 248 g/mol. The lowest BCUT2D eigenvalue weighted by atomic mass is 10.1. The quantitative estimate of drug-likeness (QED) is 0.479. The fraction of sp³-hybridized carbons (Fsp3) is 0.333. The third-order valence-electron chi connectivity index (χ3n) is 2.54. The molecule has 0 saturated carbocycles. The number of nitrogens with zero attached hydrogens (tertiary/aromatic N) is 2. The summed E-state index contributed by atoms with van der Waals surface area (Å²) in [4.78, 5) is 4.42. The van der Waals surface area contributed by atoms with Gasteiger partial charge in [0, 0.05) is 18.0 Å². The molecule has 0 amide bonds. The van der Waals surface area contributed by atoms with E-state index in [1.54, 1.807) is 11.8 Å². The second-order valence-corrected chi connectivity index (χ2v) is 4.89. The van der Waals surface area contributed by atoms with Crippen molar-refractivity contribution in [3.8, 4) is 0 Å². The van der Waals surface area contributed by atoms with Gasteiger partial charge in [-0.1, -0.05) is 23.9 Å². The van der Waals surface area contributed by atoms with E-state index in [4.69, 9.17) is 5.84 Å². The molecule has 0 atom stereocenters. The molecule has 0 bridgehead atoms. The predicted octanol–water partition coefficient (Wildman–Crippen LogP) is 2.27. The van der Waals surface area contributed by atoms with Crippen LogP contribution in [0.3, 0.4) is 0 Å². The molecule has 1 aromatic rings. The van der Waals surface area contributed by atoms with Gasteiger partial charge in [-0.05, 0) is 31.0 Å². The number of nitrogens with one attached hydrogen (secondary N) is 1. The Bertz CT molecular complexity index is 436. The largest absolute Gasteiger partial charge is 0.335 e. The third kappa shape index (κ3) is 3.23. The first-order valence-electron chi connectivity index (χ1n) is 5.59. The summed E-state index contributed by atoms with van der Waals surface area (Å²) in [5.41, 5.74) is 2.92. The summed E-state index contributed by atoms with van der Waals surface area (Å²) in [7, 11) is 0. The topological polar surface area (TPSA) is 62.8 Å². The summed E-state index contributed by atoms with van der Waals surface area (Å²) >= 11 is 1.77. The van der Waals surface area contributed by atoms with Crippen molar-refractivity contribution in [3.63, 3.8) is 0 Å². The van der Waals surface area contributed by atoms with Gasteiger partial charge >= 0.3 is 0 Å². The number of thioether (sulfide) groups is 1. The fourth-order valence-corrected chi connectivity index (χ4v) is 2.37. The van der Waals surface area contributed by atoms with Gasteiger partial charge in [0.25, 0.3) is 0 Å². The predicted molar refractivity (Wildman–Crippen MR) is 75.8 cm³/mol. The van der Waals surface area contributed by atoms with Crippen molar-refractivity contribution in [2.45, 2.75) is 13.3 Å². The van der Waals surface area contributed by atoms with Crippen LogP contribution in [0.25, 0.3) is 0 Å². The number of nitrogens with two attached hydrogens (primary N) is 1. The average Bonchev–Trinajstić information content (AvgIpc) is 2.40. The zero-order valence-electron chi connectivity index (χ0n) is 9.81. The SMILES string of the molecule is C/C(=N/N)c1ccc(NC2=NCCCS2)cc1. The lowest BCUT2D eigenvalue weighted by Gasteiger charge is -2.13. The Morgan fingerprint density at radius 1 is 1.41 bits per heavy atom. The van der Waals surface area contributed by atoms with Crippen LogP contribution in [0.2, 0.25) is 0 Å². The number of amidine groups is 1. The molecule has 1 aromatic carbocycles. The zero-order chi connectivity index (χ0) is 12.1. The summed E-state index contributed by atoms with van der Waals surface area (Å²) in [5.74, 6) is 6.38. The van der Waals surface area contributed by atoms with Gasteiger partial charge < -0.3 is 11.2 Å². The number of hydrogen-bond acceptors (Lipinski definition) is 5. The van der Waals surface area contributed by atoms with Gasteiger partial charge in [-0.3, -0.25) is 4.99 Å². The maximum Gasteiger partial charge on any atom is 0.161 e. The molecule has 0 aliphatic carbocycles. The standard InChI is InChI=1S/C12H16N4S/c1-9(16-13)10-3-5-11(6-4-10)15-12-14-7-2-8-17-12/h3-6H,2,7-8,13H2,1H3,(H,14,15)/b16-9-. The molecule has 5 heteroatoms. The second-order valence-electron chi connectivity index (χ2n) is 3.81. The van der Waals surface area contributed by atoms with E-state index in [9.17, 15) is 0 Å². The summed E-state index contributed by atoms with van der Waals surface area (Å²) < 4.78 is 0. The summed E-state index contributed by atoms with van der Waals surface area (Å²) in [6, 6.07) is 8.04. The van der Waals surface area contributed by atoms with E-state index in [-0.39, 0.29) is 0 Å². The van der Waals surface area contributed by atoms with Crippen LogP contribution >= 0.6 is 11.8 Å². The maximum atomic E-state index is 5.24. The van der Waals surface area contributed by atoms with Crippen molar-refractivity contribution in [1.29, 1.82) is 0 Å². The fourth-order valence-electron chi connectivity index (χ4n) is 1.53. The number of rotatable bonds is 2. The van der Waals surface area contributed by atoms with Gasteiger partial charge in [0.05, 0.1) is 5.71 Å². The van der Waals surface area contributed by atoms with Crippen molar-refractivity contribution < 1.29 is 0 Å². The van der Waals surface area contributed by atoms with Crippen LogP contribution in [0.1, 0.15) is 18.9 Å². The maximum absolute atomic E-state index is 5.24. The molecular weight excluding hydrogens is 232 g/mol. The van der Waals surface area contributed by atoms with E-state index in [0.29, 0.717) is 0 Å². The van der Waals surface area contributed by atoms with Gasteiger partial charge in [-0.25, -0.2) is 0 Å². The smallest absolute Gasteiger partial charge is 0.161 e. The zero-order valence-corrected chi connectivity index (χ0v) is 10.6. The molecule has 2 rings (SSSR count). The molecule has 17 heavy (non-hydrogen) atoms. The van der Waals surface area contributed by atoms with E-state index in [1.165, 1.54) is 6.42 Å². The minimum atomic E-state index is 0.834. The van der Waals surface area contributed by atoms with Crippen molar-refractivity contribution in [3.05, 3.63) is 29.8 Å². The molecule has 0 spiro atoms. The lowest BCUT2D eigenvalue weighted by Crippen LogP contribution is -2.13. The molecule has 1 heterocycles. The molecule has 1 aliphatic heterocycles. The van der Waals surface area contributed by atoms with Crippen molar-refractivity contribution >= 4 is 28.3 Å². The Labute approximate surface area is 105 Å². The second kappa shape index (κ2) is 5.72. The van der Waals surface area contributed by atoms with Gasteiger partial charge in [0.2, 0.25) is 0 Å². The highest BCUT2D eigenvalue weighted by Crippen LogP contribution is 2.16. The number of hydrazone groups is 1. The number of benzene rings is 1. The van der Waals surface area contributed by atoms with Crippen LogP contribution in [0.5, 0.6) is 0 Å². The van der Waals surface area contributed by atoms with Crippen LogP contribution in [0.15, 0.2) is 34.4 Å². The summed E-state index contributed by atoms with van der Waals surface area (Å²) in [5, 5.41) is 7.99.